The van der Waals surface area contributed by atoms with E-state index >= 15 is 0 Å². The highest BCUT2D eigenvalue weighted by molar-refractivity contribution is 5.76. The fourth-order valence-corrected chi connectivity index (χ4v) is 4.13. The Morgan fingerprint density at radius 1 is 0.588 bits per heavy atom. The van der Waals surface area contributed by atoms with Crippen molar-refractivity contribution in [2.45, 2.75) is 143 Å². The summed E-state index contributed by atoms with van der Waals surface area (Å²) in [5, 5.41) is 0. The molecule has 0 fully saturated rings. The summed E-state index contributed by atoms with van der Waals surface area (Å²) >= 11 is 0. The molecule has 34 heavy (non-hydrogen) atoms. The quantitative estimate of drug-likeness (QED) is 0.101. The number of aryl methyl sites for hydroxylation is 1. The van der Waals surface area contributed by atoms with Crippen molar-refractivity contribution in [2.24, 2.45) is 0 Å². The normalized spacial score (nSPS) is 10.9. The van der Waals surface area contributed by atoms with Crippen LogP contribution in [0.2, 0.25) is 0 Å². The molecule has 0 saturated carbocycles. The van der Waals surface area contributed by atoms with E-state index < -0.39 is 0 Å². The van der Waals surface area contributed by atoms with Gasteiger partial charge in [-0.15, -0.1) is 0 Å². The van der Waals surface area contributed by atoms with Crippen LogP contribution >= 0.6 is 0 Å². The molecule has 0 bridgehead atoms. The van der Waals surface area contributed by atoms with Crippen molar-refractivity contribution in [2.75, 3.05) is 0 Å². The van der Waals surface area contributed by atoms with Crippen molar-refractivity contribution in [3.05, 3.63) is 23.8 Å². The van der Waals surface area contributed by atoms with Gasteiger partial charge in [-0.1, -0.05) is 116 Å². The molecule has 4 nitrogen and oxygen atoms in total. The molecule has 1 rings (SSSR count). The third-order valence-electron chi connectivity index (χ3n) is 6.27. The number of benzene rings is 1. The first-order valence-corrected chi connectivity index (χ1v) is 14.2. The van der Waals surface area contributed by atoms with Gasteiger partial charge in [-0.3, -0.25) is 9.59 Å². The Morgan fingerprint density at radius 3 is 1.62 bits per heavy atom. The number of carbonyl (C=O) groups is 2. The lowest BCUT2D eigenvalue weighted by atomic mass is 10.0. The van der Waals surface area contributed by atoms with Crippen LogP contribution in [0, 0.1) is 0 Å². The Kier molecular flexibility index (Phi) is 18.2. The van der Waals surface area contributed by atoms with Crippen LogP contribution in [0.5, 0.6) is 11.5 Å². The zero-order valence-corrected chi connectivity index (χ0v) is 22.3. The van der Waals surface area contributed by atoms with Crippen LogP contribution in [-0.4, -0.2) is 11.9 Å². The van der Waals surface area contributed by atoms with Crippen LogP contribution in [0.25, 0.3) is 0 Å². The van der Waals surface area contributed by atoms with Gasteiger partial charge in [-0.05, 0) is 37.3 Å². The van der Waals surface area contributed by atoms with Crippen LogP contribution in [0.4, 0.5) is 0 Å². The highest BCUT2D eigenvalue weighted by Gasteiger charge is 2.17. The Labute approximate surface area is 209 Å². The van der Waals surface area contributed by atoms with E-state index in [1.807, 2.05) is 12.1 Å². The molecule has 0 spiro atoms. The number of rotatable bonds is 21. The Balaban J connectivity index is 2.73. The summed E-state index contributed by atoms with van der Waals surface area (Å²) in [6.07, 6.45) is 19.7. The van der Waals surface area contributed by atoms with E-state index in [1.165, 1.54) is 51.4 Å². The summed E-state index contributed by atoms with van der Waals surface area (Å²) in [5.41, 5.74) is 0.961. The molecule has 0 aromatic heterocycles. The summed E-state index contributed by atoms with van der Waals surface area (Å²) < 4.78 is 11.5. The predicted molar refractivity (Wildman–Crippen MR) is 142 cm³/mol. The van der Waals surface area contributed by atoms with Gasteiger partial charge in [-0.2, -0.15) is 0 Å². The van der Waals surface area contributed by atoms with Gasteiger partial charge in [0.05, 0.1) is 0 Å². The number of ether oxygens (including phenoxy) is 2. The summed E-state index contributed by atoms with van der Waals surface area (Å²) in [6, 6.07) is 5.65. The molecule has 0 saturated heterocycles. The average molecular weight is 475 g/mol. The lowest BCUT2D eigenvalue weighted by Crippen LogP contribution is -2.13. The van der Waals surface area contributed by atoms with Gasteiger partial charge in [0.15, 0.2) is 11.5 Å². The van der Waals surface area contributed by atoms with Crippen LogP contribution in [0.3, 0.4) is 0 Å². The fraction of sp³-hybridized carbons (Fsp3) is 0.733. The third-order valence-corrected chi connectivity index (χ3v) is 6.27. The molecule has 0 heterocycles. The zero-order valence-electron chi connectivity index (χ0n) is 22.3. The van der Waals surface area contributed by atoms with Crippen LogP contribution in [0.15, 0.2) is 18.2 Å². The Hall–Kier alpha value is -1.84. The average Bonchev–Trinajstić information content (AvgIpc) is 2.82. The first kappa shape index (κ1) is 30.2. The van der Waals surface area contributed by atoms with E-state index in [0.717, 1.165) is 63.4 Å². The van der Waals surface area contributed by atoms with Gasteiger partial charge in [0.1, 0.15) is 0 Å². The number of para-hydroxylation sites is 1. The van der Waals surface area contributed by atoms with Gasteiger partial charge in [0, 0.05) is 12.8 Å². The van der Waals surface area contributed by atoms with E-state index in [-0.39, 0.29) is 11.9 Å². The van der Waals surface area contributed by atoms with E-state index in [9.17, 15) is 9.59 Å². The van der Waals surface area contributed by atoms with Gasteiger partial charge in [0.2, 0.25) is 0 Å². The van der Waals surface area contributed by atoms with Crippen molar-refractivity contribution < 1.29 is 19.1 Å². The molecule has 0 atom stereocenters. The minimum absolute atomic E-state index is 0.233. The first-order chi connectivity index (χ1) is 16.6. The van der Waals surface area contributed by atoms with Gasteiger partial charge in [-0.25, -0.2) is 0 Å². The van der Waals surface area contributed by atoms with Gasteiger partial charge in [0.25, 0.3) is 0 Å². The molecule has 4 heteroatoms. The molecule has 0 aliphatic carbocycles. The second kappa shape index (κ2) is 20.5. The number of unbranched alkanes of at least 4 members (excludes halogenated alkanes) is 13. The summed E-state index contributed by atoms with van der Waals surface area (Å²) in [7, 11) is 0. The molecule has 0 N–H and O–H groups in total. The number of esters is 2. The summed E-state index contributed by atoms with van der Waals surface area (Å²) in [6.45, 7) is 6.59. The molecule has 1 aromatic carbocycles. The second-order valence-corrected chi connectivity index (χ2v) is 9.54. The van der Waals surface area contributed by atoms with Crippen molar-refractivity contribution in [1.82, 2.24) is 0 Å². The van der Waals surface area contributed by atoms with E-state index in [2.05, 4.69) is 20.8 Å². The maximum Gasteiger partial charge on any atom is 0.311 e. The summed E-state index contributed by atoms with van der Waals surface area (Å²) in [4.78, 5) is 25.1. The topological polar surface area (TPSA) is 52.6 Å². The highest BCUT2D eigenvalue weighted by atomic mass is 16.6. The predicted octanol–water partition coefficient (Wildman–Crippen LogP) is 9.12. The van der Waals surface area contributed by atoms with E-state index in [0.29, 0.717) is 24.3 Å². The minimum atomic E-state index is -0.245. The maximum atomic E-state index is 12.6. The molecule has 0 radical (unpaired) electrons. The Bertz CT molecular complexity index is 668. The zero-order chi connectivity index (χ0) is 24.9. The molecular weight excluding hydrogens is 424 g/mol. The minimum Gasteiger partial charge on any atom is -0.423 e. The van der Waals surface area contributed by atoms with E-state index in [1.54, 1.807) is 6.07 Å². The standard InChI is InChI=1S/C30H50O4/c1-4-7-10-13-16-17-21-26-22-20-23-27(33-28(31)24-18-14-11-8-5-2)30(26)34-29(32)25-19-15-12-9-6-3/h20,22-23H,4-19,21,24-25H2,1-3H3. The van der Waals surface area contributed by atoms with Crippen molar-refractivity contribution in [1.29, 1.82) is 0 Å². The number of carbonyl (C=O) groups excluding carboxylic acids is 2. The molecule has 1 aromatic rings. The molecule has 0 aliphatic rings. The van der Waals surface area contributed by atoms with Crippen LogP contribution in [-0.2, 0) is 16.0 Å². The lowest BCUT2D eigenvalue weighted by Gasteiger charge is -2.15. The van der Waals surface area contributed by atoms with E-state index in [4.69, 9.17) is 9.47 Å². The fourth-order valence-electron chi connectivity index (χ4n) is 4.13. The van der Waals surface area contributed by atoms with Gasteiger partial charge >= 0.3 is 11.9 Å². The molecular formula is C30H50O4. The molecule has 0 aliphatic heterocycles. The Morgan fingerprint density at radius 2 is 1.06 bits per heavy atom. The molecule has 0 amide bonds. The lowest BCUT2D eigenvalue weighted by molar-refractivity contribution is -0.137. The maximum absolute atomic E-state index is 12.6. The SMILES string of the molecule is CCCCCCCCc1cccc(OC(=O)CCCCCCC)c1OC(=O)CCCCCCC. The number of hydrogen-bond acceptors (Lipinski definition) is 4. The largest absolute Gasteiger partial charge is 0.423 e. The van der Waals surface area contributed by atoms with Crippen LogP contribution in [0.1, 0.15) is 142 Å². The third kappa shape index (κ3) is 14.4. The van der Waals surface area contributed by atoms with Gasteiger partial charge < -0.3 is 9.47 Å². The molecule has 0 unspecified atom stereocenters. The monoisotopic (exact) mass is 474 g/mol. The second-order valence-electron chi connectivity index (χ2n) is 9.54. The molecule has 194 valence electrons. The highest BCUT2D eigenvalue weighted by Crippen LogP contribution is 2.33. The smallest absolute Gasteiger partial charge is 0.311 e. The van der Waals surface area contributed by atoms with Crippen molar-refractivity contribution >= 4 is 11.9 Å². The van der Waals surface area contributed by atoms with Crippen LogP contribution < -0.4 is 9.47 Å². The number of hydrogen-bond donors (Lipinski definition) is 0. The van der Waals surface area contributed by atoms with Crippen molar-refractivity contribution in [3.8, 4) is 11.5 Å². The first-order valence-electron chi connectivity index (χ1n) is 14.2. The summed E-state index contributed by atoms with van der Waals surface area (Å²) in [5.74, 6) is 0.365. The van der Waals surface area contributed by atoms with Crippen molar-refractivity contribution in [3.63, 3.8) is 0 Å².